The molecule has 1 fully saturated rings. The molecular formula is C15H21ClN2O2. The van der Waals surface area contributed by atoms with E-state index in [-0.39, 0.29) is 6.79 Å². The second-order valence-corrected chi connectivity index (χ2v) is 5.94. The number of ether oxygens (including phenoxy) is 2. The minimum Gasteiger partial charge on any atom is -0.454 e. The average molecular weight is 297 g/mol. The van der Waals surface area contributed by atoms with Gasteiger partial charge in [0.15, 0.2) is 11.5 Å². The highest BCUT2D eigenvalue weighted by Crippen LogP contribution is 2.39. The maximum atomic E-state index is 6.18. The third-order valence-corrected chi connectivity index (χ3v) is 4.30. The molecule has 0 saturated carbocycles. The summed E-state index contributed by atoms with van der Waals surface area (Å²) in [6, 6.07) is 4.53. The number of hydrogen-bond acceptors (Lipinski definition) is 4. The summed E-state index contributed by atoms with van der Waals surface area (Å²) in [7, 11) is 0. The lowest BCUT2D eigenvalue weighted by atomic mass is 10.2. The fourth-order valence-electron chi connectivity index (χ4n) is 2.86. The van der Waals surface area contributed by atoms with Crippen molar-refractivity contribution in [3.05, 3.63) is 22.7 Å². The van der Waals surface area contributed by atoms with Gasteiger partial charge in [0.1, 0.15) is 0 Å². The van der Waals surface area contributed by atoms with Gasteiger partial charge in [-0.05, 0) is 50.6 Å². The molecule has 4 nitrogen and oxygen atoms in total. The van der Waals surface area contributed by atoms with E-state index in [0.717, 1.165) is 24.4 Å². The summed E-state index contributed by atoms with van der Waals surface area (Å²) in [6.45, 7) is 6.81. The van der Waals surface area contributed by atoms with Crippen molar-refractivity contribution in [2.45, 2.75) is 32.4 Å². The van der Waals surface area contributed by atoms with Crippen molar-refractivity contribution in [3.8, 4) is 11.5 Å². The zero-order valence-electron chi connectivity index (χ0n) is 11.8. The third-order valence-electron chi connectivity index (χ3n) is 4.02. The molecule has 110 valence electrons. The van der Waals surface area contributed by atoms with Gasteiger partial charge in [-0.15, -0.1) is 0 Å². The van der Waals surface area contributed by atoms with Crippen molar-refractivity contribution in [2.75, 3.05) is 26.4 Å². The Hall–Kier alpha value is -0.970. The quantitative estimate of drug-likeness (QED) is 0.906. The Labute approximate surface area is 125 Å². The Bertz CT molecular complexity index is 475. The average Bonchev–Trinajstić information content (AvgIpc) is 3.09. The van der Waals surface area contributed by atoms with Crippen LogP contribution >= 0.6 is 11.6 Å². The van der Waals surface area contributed by atoms with E-state index in [1.54, 1.807) is 0 Å². The van der Waals surface area contributed by atoms with Gasteiger partial charge in [-0.1, -0.05) is 11.6 Å². The van der Waals surface area contributed by atoms with E-state index < -0.39 is 0 Å². The number of rotatable bonds is 5. The molecule has 0 amide bonds. The first-order valence-corrected chi connectivity index (χ1v) is 7.64. The molecule has 3 rings (SSSR count). The van der Waals surface area contributed by atoms with E-state index in [4.69, 9.17) is 21.1 Å². The maximum Gasteiger partial charge on any atom is 0.231 e. The third kappa shape index (κ3) is 3.03. The van der Waals surface area contributed by atoms with Gasteiger partial charge in [0.05, 0.1) is 5.02 Å². The lowest BCUT2D eigenvalue weighted by Gasteiger charge is -2.24. The Morgan fingerprint density at radius 2 is 2.10 bits per heavy atom. The Morgan fingerprint density at radius 3 is 2.90 bits per heavy atom. The molecule has 0 aromatic heterocycles. The van der Waals surface area contributed by atoms with Crippen LogP contribution in [0.3, 0.4) is 0 Å². The monoisotopic (exact) mass is 296 g/mol. The lowest BCUT2D eigenvalue weighted by Crippen LogP contribution is -2.38. The van der Waals surface area contributed by atoms with Crippen molar-refractivity contribution < 1.29 is 9.47 Å². The summed E-state index contributed by atoms with van der Waals surface area (Å²) in [4.78, 5) is 2.54. The second kappa shape index (κ2) is 6.20. The highest BCUT2D eigenvalue weighted by atomic mass is 35.5. The number of fused-ring (bicyclic) bond motifs is 1. The predicted molar refractivity (Wildman–Crippen MR) is 79.6 cm³/mol. The van der Waals surface area contributed by atoms with E-state index in [1.165, 1.54) is 25.9 Å². The molecule has 2 aliphatic heterocycles. The van der Waals surface area contributed by atoms with Gasteiger partial charge in [-0.2, -0.15) is 0 Å². The molecule has 1 atom stereocenters. The molecule has 0 bridgehead atoms. The zero-order chi connectivity index (χ0) is 13.9. The van der Waals surface area contributed by atoms with Crippen molar-refractivity contribution in [3.63, 3.8) is 0 Å². The van der Waals surface area contributed by atoms with Gasteiger partial charge in [0, 0.05) is 19.1 Å². The van der Waals surface area contributed by atoms with Gasteiger partial charge in [0.2, 0.25) is 6.79 Å². The van der Waals surface area contributed by atoms with Gasteiger partial charge < -0.3 is 14.8 Å². The molecule has 20 heavy (non-hydrogen) atoms. The van der Waals surface area contributed by atoms with Crippen LogP contribution in [0.2, 0.25) is 5.02 Å². The van der Waals surface area contributed by atoms with Gasteiger partial charge in [-0.25, -0.2) is 0 Å². The zero-order valence-corrected chi connectivity index (χ0v) is 12.6. The summed E-state index contributed by atoms with van der Waals surface area (Å²) >= 11 is 6.18. The molecule has 2 heterocycles. The standard InChI is InChI=1S/C15H21ClN2O2/c1-11(18-4-2-3-5-18)8-17-9-12-6-13(16)15-14(7-12)19-10-20-15/h6-7,11,17H,2-5,8-10H2,1H3. The van der Waals surface area contributed by atoms with E-state index in [1.807, 2.05) is 12.1 Å². The van der Waals surface area contributed by atoms with E-state index in [0.29, 0.717) is 16.8 Å². The number of halogens is 1. The molecule has 0 radical (unpaired) electrons. The van der Waals surface area contributed by atoms with Crippen LogP contribution in [0.4, 0.5) is 0 Å². The van der Waals surface area contributed by atoms with E-state index in [2.05, 4.69) is 17.1 Å². The van der Waals surface area contributed by atoms with Gasteiger partial charge >= 0.3 is 0 Å². The van der Waals surface area contributed by atoms with Crippen LogP contribution in [0.1, 0.15) is 25.3 Å². The van der Waals surface area contributed by atoms with Gasteiger partial charge in [0.25, 0.3) is 0 Å². The van der Waals surface area contributed by atoms with Crippen LogP contribution in [-0.2, 0) is 6.54 Å². The Morgan fingerprint density at radius 1 is 1.30 bits per heavy atom. The fraction of sp³-hybridized carbons (Fsp3) is 0.600. The molecule has 5 heteroatoms. The topological polar surface area (TPSA) is 33.7 Å². The molecule has 1 aromatic carbocycles. The molecule has 1 saturated heterocycles. The molecule has 2 aliphatic rings. The van der Waals surface area contributed by atoms with Crippen LogP contribution < -0.4 is 14.8 Å². The number of nitrogens with one attached hydrogen (secondary N) is 1. The van der Waals surface area contributed by atoms with Crippen molar-refractivity contribution in [2.24, 2.45) is 0 Å². The summed E-state index contributed by atoms with van der Waals surface area (Å²) in [5, 5.41) is 4.13. The second-order valence-electron chi connectivity index (χ2n) is 5.53. The van der Waals surface area contributed by atoms with Crippen molar-refractivity contribution >= 4 is 11.6 Å². The minimum absolute atomic E-state index is 0.262. The predicted octanol–water partition coefficient (Wildman–Crippen LogP) is 2.64. The first-order chi connectivity index (χ1) is 9.74. The smallest absolute Gasteiger partial charge is 0.231 e. The van der Waals surface area contributed by atoms with E-state index >= 15 is 0 Å². The molecule has 1 N–H and O–H groups in total. The summed E-state index contributed by atoms with van der Waals surface area (Å²) in [5.74, 6) is 1.42. The molecule has 1 aromatic rings. The molecule has 0 spiro atoms. The maximum absolute atomic E-state index is 6.18. The van der Waals surface area contributed by atoms with Crippen molar-refractivity contribution in [1.29, 1.82) is 0 Å². The minimum atomic E-state index is 0.262. The van der Waals surface area contributed by atoms with Crippen LogP contribution in [0.5, 0.6) is 11.5 Å². The highest BCUT2D eigenvalue weighted by Gasteiger charge is 2.19. The van der Waals surface area contributed by atoms with E-state index in [9.17, 15) is 0 Å². The molecule has 1 unspecified atom stereocenters. The normalized spacial score (nSPS) is 19.5. The van der Waals surface area contributed by atoms with Crippen molar-refractivity contribution in [1.82, 2.24) is 10.2 Å². The summed E-state index contributed by atoms with van der Waals surface area (Å²) in [6.07, 6.45) is 2.67. The Kier molecular flexibility index (Phi) is 4.34. The molecule has 0 aliphatic carbocycles. The van der Waals surface area contributed by atoms with Gasteiger partial charge in [-0.3, -0.25) is 4.90 Å². The number of hydrogen-bond donors (Lipinski definition) is 1. The summed E-state index contributed by atoms with van der Waals surface area (Å²) in [5.41, 5.74) is 1.13. The number of likely N-dealkylation sites (tertiary alicyclic amines) is 1. The molecular weight excluding hydrogens is 276 g/mol. The Balaban J connectivity index is 1.52. The SMILES string of the molecule is CC(CNCc1cc(Cl)c2c(c1)OCO2)N1CCCC1. The summed E-state index contributed by atoms with van der Waals surface area (Å²) < 4.78 is 10.7. The van der Waals surface area contributed by atoms with Crippen LogP contribution in [-0.4, -0.2) is 37.4 Å². The van der Waals surface area contributed by atoms with Crippen LogP contribution in [0.15, 0.2) is 12.1 Å². The van der Waals surface area contributed by atoms with Crippen LogP contribution in [0.25, 0.3) is 0 Å². The first-order valence-electron chi connectivity index (χ1n) is 7.27. The lowest BCUT2D eigenvalue weighted by molar-refractivity contribution is 0.174. The number of nitrogens with zero attached hydrogens (tertiary/aromatic N) is 1. The fourth-order valence-corrected chi connectivity index (χ4v) is 3.15. The highest BCUT2D eigenvalue weighted by molar-refractivity contribution is 6.32. The number of benzene rings is 1. The van der Waals surface area contributed by atoms with Crippen LogP contribution in [0, 0.1) is 0 Å². The largest absolute Gasteiger partial charge is 0.454 e. The first kappa shape index (κ1) is 14.0.